The van der Waals surface area contributed by atoms with Crippen LogP contribution in [0.5, 0.6) is 5.75 Å². The lowest BCUT2D eigenvalue weighted by Gasteiger charge is -2.58. The monoisotopic (exact) mass is 453 g/mol. The van der Waals surface area contributed by atoms with Crippen LogP contribution < -0.4 is 10.1 Å². The van der Waals surface area contributed by atoms with Crippen molar-refractivity contribution in [3.8, 4) is 5.75 Å². The highest BCUT2D eigenvalue weighted by atomic mass is 16.5. The molecule has 0 heterocycles. The molecule has 5 saturated carbocycles. The maximum atomic E-state index is 13.4. The number of hydrogen-bond donors (Lipinski definition) is 2. The van der Waals surface area contributed by atoms with Crippen molar-refractivity contribution in [1.29, 1.82) is 0 Å². The molecule has 0 radical (unpaired) electrons. The van der Waals surface area contributed by atoms with Gasteiger partial charge in [0.15, 0.2) is 0 Å². The summed E-state index contributed by atoms with van der Waals surface area (Å²) in [6.07, 6.45) is 10.9. The Morgan fingerprint density at radius 3 is 2.27 bits per heavy atom. The smallest absolute Gasteiger partial charge is 0.309 e. The number of carboxylic acid groups (broad SMARTS) is 1. The average molecular weight is 454 g/mol. The van der Waals surface area contributed by atoms with Crippen molar-refractivity contribution in [1.82, 2.24) is 5.32 Å². The molecule has 6 rings (SSSR count). The summed E-state index contributed by atoms with van der Waals surface area (Å²) in [5, 5.41) is 13.2. The molecule has 1 amide bonds. The zero-order valence-corrected chi connectivity index (χ0v) is 20.1. The van der Waals surface area contributed by atoms with Crippen LogP contribution in [-0.2, 0) is 15.0 Å². The van der Waals surface area contributed by atoms with Crippen LogP contribution in [0.3, 0.4) is 0 Å². The number of carboxylic acids is 1. The Bertz CT molecular complexity index is 870. The molecule has 1 aromatic carbocycles. The summed E-state index contributed by atoms with van der Waals surface area (Å²) in [4.78, 5) is 25.4. The molecule has 0 aromatic heterocycles. The number of hydrogen-bond acceptors (Lipinski definition) is 3. The molecule has 5 fully saturated rings. The van der Waals surface area contributed by atoms with Crippen molar-refractivity contribution >= 4 is 11.9 Å². The maximum absolute atomic E-state index is 13.4. The van der Waals surface area contributed by atoms with E-state index < -0.39 is 16.8 Å². The van der Waals surface area contributed by atoms with Gasteiger partial charge < -0.3 is 15.2 Å². The number of nitrogens with one attached hydrogen (secondary N) is 1. The molecule has 33 heavy (non-hydrogen) atoms. The fourth-order valence-electron chi connectivity index (χ4n) is 7.52. The van der Waals surface area contributed by atoms with Crippen LogP contribution in [0.2, 0.25) is 0 Å². The van der Waals surface area contributed by atoms with Crippen molar-refractivity contribution in [2.45, 2.75) is 89.5 Å². The van der Waals surface area contributed by atoms with Gasteiger partial charge in [0.2, 0.25) is 5.91 Å². The molecule has 2 N–H and O–H groups in total. The number of benzene rings is 1. The molecule has 5 heteroatoms. The summed E-state index contributed by atoms with van der Waals surface area (Å²) in [6.45, 7) is 4.75. The van der Waals surface area contributed by atoms with Gasteiger partial charge in [-0.2, -0.15) is 0 Å². The zero-order valence-electron chi connectivity index (χ0n) is 20.1. The fraction of sp³-hybridized carbons (Fsp3) is 0.714. The van der Waals surface area contributed by atoms with E-state index in [-0.39, 0.29) is 11.9 Å². The molecule has 0 spiro atoms. The first kappa shape index (κ1) is 22.7. The maximum Gasteiger partial charge on any atom is 0.309 e. The molecule has 180 valence electrons. The number of ether oxygens (including phenoxy) is 1. The summed E-state index contributed by atoms with van der Waals surface area (Å²) in [7, 11) is 0. The van der Waals surface area contributed by atoms with E-state index in [0.717, 1.165) is 37.2 Å². The summed E-state index contributed by atoms with van der Waals surface area (Å²) >= 11 is 0. The normalized spacial score (nSPS) is 33.6. The second-order valence-electron chi connectivity index (χ2n) is 12.0. The zero-order chi connectivity index (χ0) is 23.2. The second-order valence-corrected chi connectivity index (χ2v) is 12.0. The number of rotatable bonds is 7. The minimum absolute atomic E-state index is 0.0419. The summed E-state index contributed by atoms with van der Waals surface area (Å²) in [5.41, 5.74) is -0.210. The number of carbonyl (C=O) groups excluding carboxylic acids is 1. The summed E-state index contributed by atoms with van der Waals surface area (Å²) in [5.74, 6) is 2.06. The van der Waals surface area contributed by atoms with E-state index in [1.54, 1.807) is 0 Å². The van der Waals surface area contributed by atoms with E-state index >= 15 is 0 Å². The predicted octanol–water partition coefficient (Wildman–Crippen LogP) is 5.32. The summed E-state index contributed by atoms with van der Waals surface area (Å²) < 4.78 is 6.04. The number of amides is 1. The van der Waals surface area contributed by atoms with E-state index in [1.165, 1.54) is 32.1 Å². The van der Waals surface area contributed by atoms with E-state index in [4.69, 9.17) is 4.74 Å². The van der Waals surface area contributed by atoms with Gasteiger partial charge in [-0.1, -0.05) is 31.4 Å². The minimum Gasteiger partial charge on any atom is -0.493 e. The lowest BCUT2D eigenvalue weighted by atomic mass is 9.48. The van der Waals surface area contributed by atoms with Crippen molar-refractivity contribution in [2.75, 3.05) is 6.61 Å². The Kier molecular flexibility index (Phi) is 5.95. The molecule has 5 aliphatic rings. The lowest BCUT2D eigenvalue weighted by molar-refractivity contribution is -0.168. The Morgan fingerprint density at radius 1 is 1.03 bits per heavy atom. The van der Waals surface area contributed by atoms with E-state index in [2.05, 4.69) is 5.32 Å². The third-order valence-corrected chi connectivity index (χ3v) is 9.38. The van der Waals surface area contributed by atoms with Gasteiger partial charge in [0.05, 0.1) is 17.4 Å². The van der Waals surface area contributed by atoms with Gasteiger partial charge in [-0.15, -0.1) is 0 Å². The van der Waals surface area contributed by atoms with Crippen molar-refractivity contribution in [3.63, 3.8) is 0 Å². The predicted molar refractivity (Wildman–Crippen MR) is 127 cm³/mol. The fourth-order valence-corrected chi connectivity index (χ4v) is 7.52. The third-order valence-electron chi connectivity index (χ3n) is 9.38. The topological polar surface area (TPSA) is 75.6 Å². The lowest BCUT2D eigenvalue weighted by Crippen LogP contribution is -2.62. The van der Waals surface area contributed by atoms with Crippen LogP contribution >= 0.6 is 0 Å². The van der Waals surface area contributed by atoms with Crippen molar-refractivity contribution in [3.05, 3.63) is 29.8 Å². The highest BCUT2D eigenvalue weighted by Gasteiger charge is 2.59. The van der Waals surface area contributed by atoms with Crippen molar-refractivity contribution < 1.29 is 19.4 Å². The SMILES string of the molecule is CC(C)(C(=O)NC1[C@@H]2CC3C[C@H]1CC(C(=O)O)(C3)C2)c1ccc(OCC2CCCCC2)cc1. The van der Waals surface area contributed by atoms with Gasteiger partial charge in [-0.25, -0.2) is 0 Å². The molecule has 0 saturated heterocycles. The molecule has 5 nitrogen and oxygen atoms in total. The second kappa shape index (κ2) is 8.63. The quantitative estimate of drug-likeness (QED) is 0.586. The van der Waals surface area contributed by atoms with Crippen LogP contribution in [0.15, 0.2) is 24.3 Å². The molecule has 3 unspecified atom stereocenters. The largest absolute Gasteiger partial charge is 0.493 e. The van der Waals surface area contributed by atoms with Gasteiger partial charge in [-0.3, -0.25) is 9.59 Å². The van der Waals surface area contributed by atoms with E-state index in [1.807, 2.05) is 38.1 Å². The third kappa shape index (κ3) is 4.28. The first-order valence-electron chi connectivity index (χ1n) is 13.0. The van der Waals surface area contributed by atoms with Gasteiger partial charge in [-0.05, 0) is 100 Å². The van der Waals surface area contributed by atoms with Crippen LogP contribution in [-0.4, -0.2) is 29.6 Å². The molecule has 5 aliphatic carbocycles. The molecular formula is C28H39NO4. The molecule has 5 atom stereocenters. The number of aliphatic carboxylic acids is 1. The van der Waals surface area contributed by atoms with Crippen molar-refractivity contribution in [2.24, 2.45) is 29.1 Å². The Morgan fingerprint density at radius 2 is 1.67 bits per heavy atom. The number of carbonyl (C=O) groups is 2. The standard InChI is InChI=1S/C28H39NO4/c1-27(2,22-8-10-23(11-9-22)33-17-18-6-4-3-5-7-18)25(30)29-24-20-12-19-13-21(24)16-28(14-19,15-20)26(31)32/h8-11,18-21,24H,3-7,12-17H2,1-2H3,(H,29,30)(H,31,32)/t19?,20-,21+,24?,28?. The summed E-state index contributed by atoms with van der Waals surface area (Å²) in [6, 6.07) is 8.14. The van der Waals surface area contributed by atoms with Crippen LogP contribution in [0.1, 0.15) is 83.6 Å². The van der Waals surface area contributed by atoms with Crippen LogP contribution in [0, 0.1) is 29.1 Å². The van der Waals surface area contributed by atoms with E-state index in [9.17, 15) is 14.7 Å². The highest BCUT2D eigenvalue weighted by Crippen LogP contribution is 2.60. The Labute approximate surface area is 197 Å². The van der Waals surface area contributed by atoms with E-state index in [0.29, 0.717) is 36.5 Å². The molecule has 4 bridgehead atoms. The van der Waals surface area contributed by atoms with Gasteiger partial charge >= 0.3 is 5.97 Å². The van der Waals surface area contributed by atoms with Gasteiger partial charge in [0, 0.05) is 6.04 Å². The van der Waals surface area contributed by atoms with Crippen LogP contribution in [0.4, 0.5) is 0 Å². The molecular weight excluding hydrogens is 414 g/mol. The van der Waals surface area contributed by atoms with Crippen LogP contribution in [0.25, 0.3) is 0 Å². The molecule has 1 aromatic rings. The van der Waals surface area contributed by atoms with Gasteiger partial charge in [0.25, 0.3) is 0 Å². The molecule has 0 aliphatic heterocycles. The first-order chi connectivity index (χ1) is 15.8. The Balaban J connectivity index is 1.21. The van der Waals surface area contributed by atoms with Gasteiger partial charge in [0.1, 0.15) is 5.75 Å². The first-order valence-corrected chi connectivity index (χ1v) is 13.0. The highest BCUT2D eigenvalue weighted by molar-refractivity contribution is 5.87. The minimum atomic E-state index is -0.652. The Hall–Kier alpha value is -2.04. The average Bonchev–Trinajstić information content (AvgIpc) is 2.80.